The molecule has 0 bridgehead atoms. The van der Waals surface area contributed by atoms with Gasteiger partial charge in [-0.25, -0.2) is 4.98 Å². The molecule has 100 valence electrons. The molecule has 0 radical (unpaired) electrons. The quantitative estimate of drug-likeness (QED) is 0.643. The summed E-state index contributed by atoms with van der Waals surface area (Å²) in [7, 11) is 0. The second-order valence-corrected chi connectivity index (χ2v) is 5.79. The van der Waals surface area contributed by atoms with Gasteiger partial charge in [-0.15, -0.1) is 0 Å². The van der Waals surface area contributed by atoms with Crippen LogP contribution in [0.2, 0.25) is 0 Å². The Kier molecular flexibility index (Phi) is 3.56. The molecule has 1 aromatic heterocycles. The lowest BCUT2D eigenvalue weighted by Crippen LogP contribution is -2.24. The van der Waals surface area contributed by atoms with Crippen molar-refractivity contribution in [1.29, 1.82) is 0 Å². The minimum Gasteiger partial charge on any atom is -0.294 e. The van der Waals surface area contributed by atoms with Gasteiger partial charge in [0.25, 0.3) is 5.56 Å². The molecule has 0 fully saturated rings. The first-order valence-corrected chi connectivity index (χ1v) is 7.43. The van der Waals surface area contributed by atoms with E-state index in [1.165, 1.54) is 10.8 Å². The van der Waals surface area contributed by atoms with E-state index in [1.807, 2.05) is 25.1 Å². The van der Waals surface area contributed by atoms with Crippen LogP contribution in [-0.4, -0.2) is 9.55 Å². The summed E-state index contributed by atoms with van der Waals surface area (Å²) in [6.07, 6.45) is 1.63. The Hall–Kier alpha value is -1.69. The number of hydrogen-bond acceptors (Lipinski definition) is 2. The Morgan fingerprint density at radius 1 is 1.15 bits per heavy atom. The van der Waals surface area contributed by atoms with Crippen LogP contribution < -0.4 is 5.56 Å². The molecule has 0 aliphatic heterocycles. The number of hydrogen-bond donors (Lipinski definition) is 0. The first-order valence-electron chi connectivity index (χ1n) is 6.35. The summed E-state index contributed by atoms with van der Waals surface area (Å²) < 4.78 is 2.35. The average molecular weight is 376 g/mol. The summed E-state index contributed by atoms with van der Waals surface area (Å²) in [6.45, 7) is 2.40. The van der Waals surface area contributed by atoms with Crippen LogP contribution in [0.15, 0.2) is 53.6 Å². The molecule has 0 spiro atoms. The first-order chi connectivity index (χ1) is 9.66. The smallest absolute Gasteiger partial charge is 0.267 e. The Bertz CT molecular complexity index is 834. The van der Waals surface area contributed by atoms with Crippen LogP contribution in [0.4, 0.5) is 0 Å². The number of aryl methyl sites for hydroxylation is 1. The van der Waals surface area contributed by atoms with Gasteiger partial charge in [0.1, 0.15) is 0 Å². The van der Waals surface area contributed by atoms with Gasteiger partial charge in [0.15, 0.2) is 0 Å². The zero-order chi connectivity index (χ0) is 14.1. The summed E-state index contributed by atoms with van der Waals surface area (Å²) in [5.74, 6) is 0. The molecule has 0 aliphatic carbocycles. The van der Waals surface area contributed by atoms with E-state index in [4.69, 9.17) is 0 Å². The lowest BCUT2D eigenvalue weighted by Gasteiger charge is -2.09. The van der Waals surface area contributed by atoms with Crippen LogP contribution in [-0.2, 0) is 6.54 Å². The molecular formula is C16H13IN2O. The topological polar surface area (TPSA) is 34.9 Å². The zero-order valence-electron chi connectivity index (χ0n) is 11.0. The van der Waals surface area contributed by atoms with E-state index in [1.54, 1.807) is 10.9 Å². The molecular weight excluding hydrogens is 363 g/mol. The predicted octanol–water partition coefficient (Wildman–Crippen LogP) is 3.36. The maximum absolute atomic E-state index is 12.2. The number of halogens is 1. The Morgan fingerprint density at radius 3 is 2.75 bits per heavy atom. The van der Waals surface area contributed by atoms with Crippen molar-refractivity contribution in [3.05, 3.63) is 74.0 Å². The summed E-state index contributed by atoms with van der Waals surface area (Å²) in [5.41, 5.74) is 1.93. The van der Waals surface area contributed by atoms with Gasteiger partial charge < -0.3 is 0 Å². The third-order valence-electron chi connectivity index (χ3n) is 3.38. The molecule has 4 heteroatoms. The Labute approximate surface area is 130 Å². The summed E-state index contributed by atoms with van der Waals surface area (Å²) in [4.78, 5) is 16.5. The van der Waals surface area contributed by atoms with E-state index in [0.717, 1.165) is 11.3 Å². The van der Waals surface area contributed by atoms with E-state index in [2.05, 4.69) is 51.8 Å². The normalized spacial score (nSPS) is 10.9. The summed E-state index contributed by atoms with van der Waals surface area (Å²) in [5, 5.41) is 2.37. The van der Waals surface area contributed by atoms with E-state index in [0.29, 0.717) is 10.1 Å². The van der Waals surface area contributed by atoms with Gasteiger partial charge in [-0.1, -0.05) is 42.5 Å². The molecule has 0 unspecified atom stereocenters. The highest BCUT2D eigenvalue weighted by Gasteiger charge is 2.07. The van der Waals surface area contributed by atoms with Crippen LogP contribution in [0.1, 0.15) is 11.3 Å². The summed E-state index contributed by atoms with van der Waals surface area (Å²) >= 11 is 2.06. The second-order valence-electron chi connectivity index (χ2n) is 4.72. The van der Waals surface area contributed by atoms with Gasteiger partial charge in [0, 0.05) is 0 Å². The number of aromatic nitrogens is 2. The standard InChI is InChI=1S/C16H13IN2O/c1-11-15(17)16(20)19(10-18-11)9-13-7-4-6-12-5-2-3-8-14(12)13/h2-8,10H,9H2,1H3. The minimum absolute atomic E-state index is 0.0195. The van der Waals surface area contributed by atoms with Crippen molar-refractivity contribution in [2.75, 3.05) is 0 Å². The van der Waals surface area contributed by atoms with Crippen molar-refractivity contribution in [3.8, 4) is 0 Å². The van der Waals surface area contributed by atoms with Gasteiger partial charge in [-0.05, 0) is 45.9 Å². The van der Waals surface area contributed by atoms with Crippen molar-refractivity contribution in [2.24, 2.45) is 0 Å². The third-order valence-corrected chi connectivity index (χ3v) is 4.62. The van der Waals surface area contributed by atoms with Gasteiger partial charge in [-0.2, -0.15) is 0 Å². The van der Waals surface area contributed by atoms with E-state index < -0.39 is 0 Å². The molecule has 3 rings (SSSR count). The van der Waals surface area contributed by atoms with Crippen LogP contribution in [0.25, 0.3) is 10.8 Å². The van der Waals surface area contributed by atoms with Crippen LogP contribution >= 0.6 is 22.6 Å². The van der Waals surface area contributed by atoms with Crippen molar-refractivity contribution in [1.82, 2.24) is 9.55 Å². The molecule has 0 aliphatic rings. The van der Waals surface area contributed by atoms with Crippen molar-refractivity contribution in [3.63, 3.8) is 0 Å². The van der Waals surface area contributed by atoms with Crippen molar-refractivity contribution < 1.29 is 0 Å². The largest absolute Gasteiger partial charge is 0.294 e. The number of benzene rings is 2. The lowest BCUT2D eigenvalue weighted by molar-refractivity contribution is 0.727. The highest BCUT2D eigenvalue weighted by molar-refractivity contribution is 14.1. The van der Waals surface area contributed by atoms with Crippen molar-refractivity contribution in [2.45, 2.75) is 13.5 Å². The molecule has 2 aromatic carbocycles. The third kappa shape index (κ3) is 2.35. The van der Waals surface area contributed by atoms with E-state index in [9.17, 15) is 4.79 Å². The number of fused-ring (bicyclic) bond motifs is 1. The maximum Gasteiger partial charge on any atom is 0.267 e. The molecule has 0 atom stereocenters. The fraction of sp³-hybridized carbons (Fsp3) is 0.125. The van der Waals surface area contributed by atoms with Crippen molar-refractivity contribution >= 4 is 33.4 Å². The first kappa shape index (κ1) is 13.3. The SMILES string of the molecule is Cc1ncn(Cc2cccc3ccccc23)c(=O)c1I. The fourth-order valence-electron chi connectivity index (χ4n) is 2.27. The predicted molar refractivity (Wildman–Crippen MR) is 89.0 cm³/mol. The monoisotopic (exact) mass is 376 g/mol. The fourth-order valence-corrected chi connectivity index (χ4v) is 2.72. The molecule has 0 saturated carbocycles. The Balaban J connectivity index is 2.11. The number of rotatable bonds is 2. The maximum atomic E-state index is 12.2. The molecule has 3 aromatic rings. The van der Waals surface area contributed by atoms with E-state index >= 15 is 0 Å². The zero-order valence-corrected chi connectivity index (χ0v) is 13.2. The van der Waals surface area contributed by atoms with Gasteiger partial charge in [-0.3, -0.25) is 9.36 Å². The van der Waals surface area contributed by atoms with Gasteiger partial charge >= 0.3 is 0 Å². The molecule has 0 saturated heterocycles. The van der Waals surface area contributed by atoms with E-state index in [-0.39, 0.29) is 5.56 Å². The van der Waals surface area contributed by atoms with Crippen LogP contribution in [0.3, 0.4) is 0 Å². The molecule has 1 heterocycles. The minimum atomic E-state index is 0.0195. The lowest BCUT2D eigenvalue weighted by atomic mass is 10.0. The van der Waals surface area contributed by atoms with Crippen LogP contribution in [0, 0.1) is 10.5 Å². The highest BCUT2D eigenvalue weighted by atomic mass is 127. The van der Waals surface area contributed by atoms with Crippen LogP contribution in [0.5, 0.6) is 0 Å². The average Bonchev–Trinajstić information content (AvgIpc) is 2.48. The molecule has 0 N–H and O–H groups in total. The molecule has 20 heavy (non-hydrogen) atoms. The highest BCUT2D eigenvalue weighted by Crippen LogP contribution is 2.19. The van der Waals surface area contributed by atoms with Gasteiger partial charge in [0.05, 0.1) is 22.1 Å². The molecule has 3 nitrogen and oxygen atoms in total. The second kappa shape index (κ2) is 5.36. The van der Waals surface area contributed by atoms with Gasteiger partial charge in [0.2, 0.25) is 0 Å². The Morgan fingerprint density at radius 2 is 1.90 bits per heavy atom. The molecule has 0 amide bonds. The number of nitrogens with zero attached hydrogens (tertiary/aromatic N) is 2. The summed E-state index contributed by atoms with van der Waals surface area (Å²) in [6, 6.07) is 14.4.